The molecule has 1 unspecified atom stereocenters. The second-order valence-electron chi connectivity index (χ2n) is 8.28. The Bertz CT molecular complexity index is 1360. The molecule has 0 radical (unpaired) electrons. The molecule has 9 heteroatoms. The average Bonchev–Trinajstić information content (AvgIpc) is 3.22. The van der Waals surface area contributed by atoms with Crippen LogP contribution >= 0.6 is 0 Å². The lowest BCUT2D eigenvalue weighted by Crippen LogP contribution is -2.28. The van der Waals surface area contributed by atoms with Crippen molar-refractivity contribution in [3.8, 4) is 23.4 Å². The monoisotopic (exact) mass is 467 g/mol. The summed E-state index contributed by atoms with van der Waals surface area (Å²) < 4.78 is 13.9. The number of nitrogens with one attached hydrogen (secondary N) is 1. The van der Waals surface area contributed by atoms with E-state index in [4.69, 9.17) is 14.5 Å². The van der Waals surface area contributed by atoms with Gasteiger partial charge in [-0.05, 0) is 43.3 Å². The molecular formula is C26H25N7O2. The molecule has 0 saturated heterocycles. The Hall–Kier alpha value is -4.42. The van der Waals surface area contributed by atoms with E-state index in [1.807, 2.05) is 71.1 Å². The van der Waals surface area contributed by atoms with E-state index in [-0.39, 0.29) is 6.10 Å². The van der Waals surface area contributed by atoms with Gasteiger partial charge in [0.1, 0.15) is 11.6 Å². The Labute approximate surface area is 203 Å². The number of nitrogens with zero attached hydrogens (tertiary/aromatic N) is 6. The van der Waals surface area contributed by atoms with E-state index in [9.17, 15) is 5.26 Å². The third-order valence-corrected chi connectivity index (χ3v) is 5.76. The SMILES string of the molecule is COc1cc(Nc2ccc3c(n2)OC(c2ccccn2)CN(CC#N)C3)ccc1-n1cnc(C)c1. The number of hydrogen-bond donors (Lipinski definition) is 1. The summed E-state index contributed by atoms with van der Waals surface area (Å²) in [5, 5.41) is 12.6. The molecule has 1 aliphatic rings. The van der Waals surface area contributed by atoms with Gasteiger partial charge in [-0.1, -0.05) is 6.07 Å². The van der Waals surface area contributed by atoms with Crippen molar-refractivity contribution >= 4 is 11.5 Å². The first-order valence-electron chi connectivity index (χ1n) is 11.3. The lowest BCUT2D eigenvalue weighted by Gasteiger charge is -2.20. The van der Waals surface area contributed by atoms with Gasteiger partial charge < -0.3 is 19.4 Å². The first-order chi connectivity index (χ1) is 17.1. The number of imidazole rings is 1. The Kier molecular flexibility index (Phi) is 6.28. The van der Waals surface area contributed by atoms with Crippen LogP contribution in [0.5, 0.6) is 11.6 Å². The quantitative estimate of drug-likeness (QED) is 0.422. The number of anilines is 2. The largest absolute Gasteiger partial charge is 0.494 e. The van der Waals surface area contributed by atoms with Gasteiger partial charge in [0.2, 0.25) is 5.88 Å². The van der Waals surface area contributed by atoms with E-state index >= 15 is 0 Å². The summed E-state index contributed by atoms with van der Waals surface area (Å²) in [5.74, 6) is 1.88. The molecule has 0 aliphatic carbocycles. The second-order valence-corrected chi connectivity index (χ2v) is 8.28. The van der Waals surface area contributed by atoms with Gasteiger partial charge in [-0.25, -0.2) is 4.98 Å². The molecule has 4 aromatic rings. The zero-order chi connectivity index (χ0) is 24.2. The summed E-state index contributed by atoms with van der Waals surface area (Å²) in [5.41, 5.74) is 4.38. The van der Waals surface area contributed by atoms with Gasteiger partial charge in [0.05, 0.1) is 43.1 Å². The molecule has 9 nitrogen and oxygen atoms in total. The van der Waals surface area contributed by atoms with E-state index in [1.54, 1.807) is 19.6 Å². The minimum Gasteiger partial charge on any atom is -0.494 e. The van der Waals surface area contributed by atoms with Crippen LogP contribution in [0.2, 0.25) is 0 Å². The van der Waals surface area contributed by atoms with Gasteiger partial charge in [0.15, 0.2) is 6.10 Å². The molecule has 0 fully saturated rings. The third-order valence-electron chi connectivity index (χ3n) is 5.76. The molecule has 176 valence electrons. The van der Waals surface area contributed by atoms with E-state index in [0.717, 1.165) is 28.3 Å². The predicted octanol–water partition coefficient (Wildman–Crippen LogP) is 4.18. The van der Waals surface area contributed by atoms with E-state index < -0.39 is 0 Å². The fourth-order valence-electron chi connectivity index (χ4n) is 4.08. The summed E-state index contributed by atoms with van der Waals surface area (Å²) in [6.45, 7) is 3.38. The van der Waals surface area contributed by atoms with Crippen molar-refractivity contribution in [1.29, 1.82) is 5.26 Å². The summed E-state index contributed by atoms with van der Waals surface area (Å²) in [4.78, 5) is 15.5. The standard InChI is InChI=1S/C26H25N7O2/c1-18-14-33(17-29-18)22-8-7-20(13-23(22)34-2)30-25-9-6-19-15-32(12-10-27)16-24(35-26(19)31-25)21-5-3-4-11-28-21/h3-9,11,13-14,17,24H,12,15-16H2,1-2H3,(H,30,31). The number of aromatic nitrogens is 4. The van der Waals surface area contributed by atoms with E-state index in [1.165, 1.54) is 0 Å². The molecule has 1 aliphatic heterocycles. The van der Waals surface area contributed by atoms with E-state index in [0.29, 0.717) is 37.1 Å². The molecule has 1 N–H and O–H groups in total. The Morgan fingerprint density at radius 3 is 2.86 bits per heavy atom. The van der Waals surface area contributed by atoms with Crippen LogP contribution in [-0.2, 0) is 6.54 Å². The predicted molar refractivity (Wildman–Crippen MR) is 131 cm³/mol. The minimum atomic E-state index is -0.327. The first kappa shape index (κ1) is 22.4. The summed E-state index contributed by atoms with van der Waals surface area (Å²) >= 11 is 0. The summed E-state index contributed by atoms with van der Waals surface area (Å²) in [6.07, 6.45) is 5.13. The molecule has 0 amide bonds. The van der Waals surface area contributed by atoms with Crippen molar-refractivity contribution < 1.29 is 9.47 Å². The summed E-state index contributed by atoms with van der Waals surface area (Å²) in [6, 6.07) is 17.7. The molecule has 0 bridgehead atoms. The van der Waals surface area contributed by atoms with Crippen molar-refractivity contribution in [1.82, 2.24) is 24.4 Å². The number of pyridine rings is 2. The molecule has 5 rings (SSSR count). The molecule has 0 spiro atoms. The Morgan fingerprint density at radius 2 is 2.11 bits per heavy atom. The van der Waals surface area contributed by atoms with Gasteiger partial charge in [0.25, 0.3) is 0 Å². The van der Waals surface area contributed by atoms with Gasteiger partial charge in [-0.3, -0.25) is 9.88 Å². The molecule has 35 heavy (non-hydrogen) atoms. The summed E-state index contributed by atoms with van der Waals surface area (Å²) in [7, 11) is 1.64. The third kappa shape index (κ3) is 4.93. The number of aryl methyl sites for hydroxylation is 1. The fraction of sp³-hybridized carbons (Fsp3) is 0.231. The van der Waals surface area contributed by atoms with Crippen molar-refractivity contribution in [3.05, 3.63) is 84.2 Å². The number of ether oxygens (including phenoxy) is 2. The fourth-order valence-corrected chi connectivity index (χ4v) is 4.08. The lowest BCUT2D eigenvalue weighted by molar-refractivity contribution is 0.149. The second kappa shape index (κ2) is 9.83. The maximum Gasteiger partial charge on any atom is 0.220 e. The smallest absolute Gasteiger partial charge is 0.220 e. The van der Waals surface area contributed by atoms with Gasteiger partial charge in [-0.15, -0.1) is 0 Å². The maximum absolute atomic E-state index is 9.27. The molecule has 3 aromatic heterocycles. The molecule has 4 heterocycles. The van der Waals surface area contributed by atoms with Crippen LogP contribution in [0.15, 0.2) is 67.3 Å². The Morgan fingerprint density at radius 1 is 1.20 bits per heavy atom. The average molecular weight is 468 g/mol. The molecule has 0 saturated carbocycles. The highest BCUT2D eigenvalue weighted by Crippen LogP contribution is 2.32. The lowest BCUT2D eigenvalue weighted by atomic mass is 10.2. The molecular weight excluding hydrogens is 442 g/mol. The van der Waals surface area contributed by atoms with Crippen molar-refractivity contribution in [2.75, 3.05) is 25.5 Å². The number of methoxy groups -OCH3 is 1. The van der Waals surface area contributed by atoms with Crippen LogP contribution in [0.4, 0.5) is 11.5 Å². The Balaban J connectivity index is 1.42. The van der Waals surface area contributed by atoms with Crippen molar-refractivity contribution in [3.63, 3.8) is 0 Å². The van der Waals surface area contributed by atoms with E-state index in [2.05, 4.69) is 21.4 Å². The zero-order valence-corrected chi connectivity index (χ0v) is 19.5. The number of fused-ring (bicyclic) bond motifs is 1. The number of benzene rings is 1. The number of hydrogen-bond acceptors (Lipinski definition) is 8. The van der Waals surface area contributed by atoms with Crippen LogP contribution in [0.25, 0.3) is 5.69 Å². The normalized spacial score (nSPS) is 15.4. The first-order valence-corrected chi connectivity index (χ1v) is 11.3. The molecule has 1 aromatic carbocycles. The zero-order valence-electron chi connectivity index (χ0n) is 19.5. The number of rotatable bonds is 6. The van der Waals surface area contributed by atoms with Gasteiger partial charge in [-0.2, -0.15) is 10.2 Å². The van der Waals surface area contributed by atoms with Crippen LogP contribution in [0, 0.1) is 18.3 Å². The van der Waals surface area contributed by atoms with Crippen molar-refractivity contribution in [2.24, 2.45) is 0 Å². The molecule has 1 atom stereocenters. The van der Waals surface area contributed by atoms with Crippen molar-refractivity contribution in [2.45, 2.75) is 19.6 Å². The maximum atomic E-state index is 9.27. The topological polar surface area (TPSA) is 101 Å². The van der Waals surface area contributed by atoms with Gasteiger partial charge in [0, 0.05) is 42.8 Å². The van der Waals surface area contributed by atoms with Crippen LogP contribution in [-0.4, -0.2) is 44.6 Å². The van der Waals surface area contributed by atoms with Crippen LogP contribution in [0.3, 0.4) is 0 Å². The highest BCUT2D eigenvalue weighted by Gasteiger charge is 2.26. The number of nitriles is 1. The minimum absolute atomic E-state index is 0.300. The highest BCUT2D eigenvalue weighted by atomic mass is 16.5. The van der Waals surface area contributed by atoms with Gasteiger partial charge >= 0.3 is 0 Å². The van der Waals surface area contributed by atoms with Crippen LogP contribution in [0.1, 0.15) is 23.1 Å². The highest BCUT2D eigenvalue weighted by molar-refractivity contribution is 5.63. The van der Waals surface area contributed by atoms with Crippen LogP contribution < -0.4 is 14.8 Å².